The smallest absolute Gasteiger partial charge is 0.261 e. The van der Waals surface area contributed by atoms with Crippen LogP contribution in [0.2, 0.25) is 5.02 Å². The molecule has 0 spiro atoms. The molecule has 3 rings (SSSR count). The lowest BCUT2D eigenvalue weighted by molar-refractivity contribution is 0.0693. The molecule has 0 fully saturated rings. The number of amides is 3. The van der Waals surface area contributed by atoms with Crippen LogP contribution in [0.3, 0.4) is 0 Å². The van der Waals surface area contributed by atoms with Crippen LogP contribution in [0, 0.1) is 6.92 Å². The lowest BCUT2D eigenvalue weighted by Gasteiger charge is -2.08. The molecule has 0 unspecified atom stereocenters. The molecule has 0 bridgehead atoms. The van der Waals surface area contributed by atoms with Crippen molar-refractivity contribution in [3.63, 3.8) is 0 Å². The SMILES string of the molecule is Cc1ccc(NC(=O)c2ccc3c(c2)C(=O)N(C)C3=O)c(Cl)c1. The van der Waals surface area contributed by atoms with Crippen LogP contribution in [0.5, 0.6) is 0 Å². The highest BCUT2D eigenvalue weighted by molar-refractivity contribution is 6.34. The van der Waals surface area contributed by atoms with Crippen molar-refractivity contribution in [2.24, 2.45) is 0 Å². The first kappa shape index (κ1) is 15.2. The minimum atomic E-state index is -0.409. The van der Waals surface area contributed by atoms with E-state index < -0.39 is 11.8 Å². The second kappa shape index (κ2) is 5.52. The van der Waals surface area contributed by atoms with Gasteiger partial charge in [-0.3, -0.25) is 19.3 Å². The molecule has 6 heteroatoms. The topological polar surface area (TPSA) is 66.5 Å². The molecule has 0 atom stereocenters. The predicted octanol–water partition coefficient (Wildman–Crippen LogP) is 3.13. The van der Waals surface area contributed by atoms with Crippen LogP contribution < -0.4 is 5.32 Å². The van der Waals surface area contributed by atoms with Crippen molar-refractivity contribution >= 4 is 35.0 Å². The van der Waals surface area contributed by atoms with Gasteiger partial charge in [-0.1, -0.05) is 17.7 Å². The maximum Gasteiger partial charge on any atom is 0.261 e. The quantitative estimate of drug-likeness (QED) is 0.861. The van der Waals surface area contributed by atoms with Gasteiger partial charge in [0.1, 0.15) is 0 Å². The Morgan fingerprint density at radius 2 is 1.74 bits per heavy atom. The van der Waals surface area contributed by atoms with Crippen LogP contribution in [0.1, 0.15) is 36.6 Å². The summed E-state index contributed by atoms with van der Waals surface area (Å²) in [7, 11) is 1.41. The molecule has 0 radical (unpaired) electrons. The van der Waals surface area contributed by atoms with Gasteiger partial charge in [0.05, 0.1) is 21.8 Å². The lowest BCUT2D eigenvalue weighted by Crippen LogP contribution is -2.24. The van der Waals surface area contributed by atoms with E-state index in [0.29, 0.717) is 16.3 Å². The zero-order chi connectivity index (χ0) is 16.7. The Bertz CT molecular complexity index is 861. The van der Waals surface area contributed by atoms with Crippen LogP contribution in [-0.4, -0.2) is 29.7 Å². The molecular formula is C17H13ClN2O3. The monoisotopic (exact) mass is 328 g/mol. The molecule has 0 aliphatic carbocycles. The van der Waals surface area contributed by atoms with Crippen LogP contribution in [0.15, 0.2) is 36.4 Å². The molecule has 3 amide bonds. The van der Waals surface area contributed by atoms with Crippen LogP contribution in [0.4, 0.5) is 5.69 Å². The van der Waals surface area contributed by atoms with Crippen molar-refractivity contribution in [2.75, 3.05) is 12.4 Å². The van der Waals surface area contributed by atoms with Crippen molar-refractivity contribution < 1.29 is 14.4 Å². The minimum absolute atomic E-state index is 0.236. The Morgan fingerprint density at radius 1 is 1.04 bits per heavy atom. The van der Waals surface area contributed by atoms with Gasteiger partial charge >= 0.3 is 0 Å². The number of carbonyl (C=O) groups excluding carboxylic acids is 3. The van der Waals surface area contributed by atoms with E-state index in [1.54, 1.807) is 12.1 Å². The Hall–Kier alpha value is -2.66. The third kappa shape index (κ3) is 2.59. The van der Waals surface area contributed by atoms with E-state index in [2.05, 4.69) is 5.32 Å². The highest BCUT2D eigenvalue weighted by Crippen LogP contribution is 2.25. The molecule has 23 heavy (non-hydrogen) atoms. The van der Waals surface area contributed by atoms with Crippen LogP contribution >= 0.6 is 11.6 Å². The molecule has 0 saturated carbocycles. The van der Waals surface area contributed by atoms with E-state index in [4.69, 9.17) is 11.6 Å². The van der Waals surface area contributed by atoms with Gasteiger partial charge < -0.3 is 5.32 Å². The maximum absolute atomic E-state index is 12.3. The number of hydrogen-bond donors (Lipinski definition) is 1. The van der Waals surface area contributed by atoms with Gasteiger partial charge in [-0.15, -0.1) is 0 Å². The average Bonchev–Trinajstić information content (AvgIpc) is 2.74. The number of fused-ring (bicyclic) bond motifs is 1. The Kier molecular flexibility index (Phi) is 3.66. The lowest BCUT2D eigenvalue weighted by atomic mass is 10.1. The van der Waals surface area contributed by atoms with Crippen LogP contribution in [-0.2, 0) is 0 Å². The van der Waals surface area contributed by atoms with Crippen molar-refractivity contribution in [1.82, 2.24) is 4.90 Å². The molecular weight excluding hydrogens is 316 g/mol. The number of nitrogens with one attached hydrogen (secondary N) is 1. The molecule has 1 N–H and O–H groups in total. The summed E-state index contributed by atoms with van der Waals surface area (Å²) in [6, 6.07) is 9.73. The molecule has 1 aliphatic heterocycles. The Balaban J connectivity index is 1.90. The molecule has 1 heterocycles. The number of carbonyl (C=O) groups is 3. The molecule has 2 aromatic rings. The summed E-state index contributed by atoms with van der Waals surface area (Å²) in [5, 5.41) is 3.14. The number of rotatable bonds is 2. The van der Waals surface area contributed by atoms with E-state index in [0.717, 1.165) is 10.5 Å². The molecule has 1 aliphatic rings. The highest BCUT2D eigenvalue weighted by Gasteiger charge is 2.33. The minimum Gasteiger partial charge on any atom is -0.321 e. The van der Waals surface area contributed by atoms with Gasteiger partial charge in [-0.2, -0.15) is 0 Å². The fraction of sp³-hybridized carbons (Fsp3) is 0.118. The zero-order valence-electron chi connectivity index (χ0n) is 12.5. The van der Waals surface area contributed by atoms with Gasteiger partial charge in [0.15, 0.2) is 0 Å². The second-order valence-electron chi connectivity index (χ2n) is 5.37. The number of nitrogens with zero attached hydrogens (tertiary/aromatic N) is 1. The average molecular weight is 329 g/mol. The maximum atomic E-state index is 12.3. The molecule has 116 valence electrons. The van der Waals surface area contributed by atoms with Crippen molar-refractivity contribution in [1.29, 1.82) is 0 Å². The molecule has 0 saturated heterocycles. The van der Waals surface area contributed by atoms with Gasteiger partial charge in [0.2, 0.25) is 0 Å². The normalized spacial score (nSPS) is 13.3. The largest absolute Gasteiger partial charge is 0.321 e. The number of aryl methyl sites for hydroxylation is 1. The van der Waals surface area contributed by atoms with Crippen molar-refractivity contribution in [3.05, 3.63) is 63.7 Å². The Morgan fingerprint density at radius 3 is 2.43 bits per heavy atom. The number of halogens is 1. The number of benzene rings is 2. The molecule has 2 aromatic carbocycles. The van der Waals surface area contributed by atoms with Gasteiger partial charge in [-0.05, 0) is 42.8 Å². The summed E-state index contributed by atoms with van der Waals surface area (Å²) >= 11 is 6.10. The molecule has 0 aromatic heterocycles. The Labute approximate surface area is 137 Å². The number of imide groups is 1. The summed E-state index contributed by atoms with van der Waals surface area (Å²) in [6.07, 6.45) is 0. The van der Waals surface area contributed by atoms with E-state index in [1.165, 1.54) is 25.2 Å². The first-order valence-electron chi connectivity index (χ1n) is 6.92. The predicted molar refractivity (Wildman–Crippen MR) is 87.0 cm³/mol. The highest BCUT2D eigenvalue weighted by atomic mass is 35.5. The summed E-state index contributed by atoms with van der Waals surface area (Å²) in [6.45, 7) is 1.90. The fourth-order valence-electron chi connectivity index (χ4n) is 2.42. The van der Waals surface area contributed by atoms with E-state index >= 15 is 0 Å². The van der Waals surface area contributed by atoms with Crippen molar-refractivity contribution in [3.8, 4) is 0 Å². The third-order valence-electron chi connectivity index (χ3n) is 3.72. The standard InChI is InChI=1S/C17H13ClN2O3/c1-9-3-6-14(13(18)7-9)19-15(21)10-4-5-11-12(8-10)17(23)20(2)16(11)22/h3-8H,1-2H3,(H,19,21). The number of anilines is 1. The first-order chi connectivity index (χ1) is 10.9. The number of hydrogen-bond acceptors (Lipinski definition) is 3. The fourth-order valence-corrected chi connectivity index (χ4v) is 2.70. The van der Waals surface area contributed by atoms with E-state index in [1.807, 2.05) is 13.0 Å². The molecule has 5 nitrogen and oxygen atoms in total. The van der Waals surface area contributed by atoms with Gasteiger partial charge in [0.25, 0.3) is 17.7 Å². The third-order valence-corrected chi connectivity index (χ3v) is 4.04. The summed E-state index contributed by atoms with van der Waals surface area (Å²) in [5.74, 6) is -1.17. The van der Waals surface area contributed by atoms with E-state index in [-0.39, 0.29) is 17.0 Å². The first-order valence-corrected chi connectivity index (χ1v) is 7.30. The summed E-state index contributed by atoms with van der Waals surface area (Å²) in [4.78, 5) is 37.2. The van der Waals surface area contributed by atoms with Crippen molar-refractivity contribution in [2.45, 2.75) is 6.92 Å². The van der Waals surface area contributed by atoms with Gasteiger partial charge in [0, 0.05) is 12.6 Å². The second-order valence-corrected chi connectivity index (χ2v) is 5.77. The zero-order valence-corrected chi connectivity index (χ0v) is 13.3. The van der Waals surface area contributed by atoms with Gasteiger partial charge in [-0.25, -0.2) is 0 Å². The summed E-state index contributed by atoms with van der Waals surface area (Å²) in [5.41, 5.74) is 2.30. The van der Waals surface area contributed by atoms with Crippen LogP contribution in [0.25, 0.3) is 0 Å². The summed E-state index contributed by atoms with van der Waals surface area (Å²) < 4.78 is 0. The van der Waals surface area contributed by atoms with E-state index in [9.17, 15) is 14.4 Å².